The Labute approximate surface area is 111 Å². The Bertz CT molecular complexity index is 234. The molecule has 0 saturated heterocycles. The summed E-state index contributed by atoms with van der Waals surface area (Å²) in [5.41, 5.74) is 0.983. The van der Waals surface area contributed by atoms with Gasteiger partial charge in [-0.3, -0.25) is 0 Å². The first-order chi connectivity index (χ1) is 6.29. The molecule has 0 unspecified atom stereocenters. The number of rotatable bonds is 3. The van der Waals surface area contributed by atoms with Gasteiger partial charge in [-0.2, -0.15) is 0 Å². The molecule has 3 heteroatoms. The number of benzene rings is 1. The molecule has 1 rings (SSSR count). The van der Waals surface area contributed by atoms with Crippen LogP contribution in [0.2, 0.25) is 0 Å². The van der Waals surface area contributed by atoms with Crippen LogP contribution in [0, 0.1) is 6.42 Å². The van der Waals surface area contributed by atoms with Gasteiger partial charge in [0.05, 0.1) is 0 Å². The number of carbonyl (C=O) groups excluding carboxylic acids is 1. The van der Waals surface area contributed by atoms with E-state index in [2.05, 4.69) is 0 Å². The van der Waals surface area contributed by atoms with Crippen LogP contribution in [0.5, 0.6) is 0 Å². The summed E-state index contributed by atoms with van der Waals surface area (Å²) in [7, 11) is 0. The van der Waals surface area contributed by atoms with Crippen LogP contribution in [-0.2, 0) is 43.9 Å². The molecule has 0 aliphatic carbocycles. The molecule has 0 spiro atoms. The van der Waals surface area contributed by atoms with Crippen LogP contribution in [0.4, 0.5) is 0 Å². The molecule has 0 aromatic heterocycles. The second-order valence-electron chi connectivity index (χ2n) is 2.21. The van der Waals surface area contributed by atoms with Gasteiger partial charge in [-0.15, -0.1) is 6.42 Å². The number of carboxylic acid groups (broad SMARTS) is 1. The topological polar surface area (TPSA) is 40.1 Å². The largest absolute Gasteiger partial charge is 0.584 e. The summed E-state index contributed by atoms with van der Waals surface area (Å²) in [4.78, 5) is 10.0. The van der Waals surface area contributed by atoms with E-state index in [-0.39, 0.29) is 32.7 Å². The van der Waals surface area contributed by atoms with Gasteiger partial charge in [-0.25, -0.2) is 0 Å². The quantitative estimate of drug-likeness (QED) is 0.772. The van der Waals surface area contributed by atoms with E-state index in [4.69, 9.17) is 0 Å². The molecule has 0 heterocycles. The molecule has 0 saturated carbocycles. The maximum absolute atomic E-state index is 10.0. The van der Waals surface area contributed by atoms with Crippen molar-refractivity contribution in [2.45, 2.75) is 20.3 Å². The third-order valence-corrected chi connectivity index (χ3v) is 1.35. The van der Waals surface area contributed by atoms with Gasteiger partial charge in [-0.05, 0) is 0 Å². The molecular formula is C11H14O2Y-2. The van der Waals surface area contributed by atoms with Crippen LogP contribution in [-0.4, -0.2) is 5.97 Å². The number of carboxylic acids is 1. The van der Waals surface area contributed by atoms with E-state index < -0.39 is 5.97 Å². The van der Waals surface area contributed by atoms with Crippen molar-refractivity contribution in [2.75, 3.05) is 0 Å². The van der Waals surface area contributed by atoms with Crippen molar-refractivity contribution in [1.82, 2.24) is 0 Å². The molecule has 0 fully saturated rings. The van der Waals surface area contributed by atoms with Crippen LogP contribution >= 0.6 is 0 Å². The number of hydrogen-bond donors (Lipinski definition) is 0. The first-order valence-corrected chi connectivity index (χ1v) is 4.37. The van der Waals surface area contributed by atoms with Crippen molar-refractivity contribution in [3.8, 4) is 0 Å². The van der Waals surface area contributed by atoms with Crippen molar-refractivity contribution in [3.63, 3.8) is 0 Å². The molecule has 0 N–H and O–H groups in total. The van der Waals surface area contributed by atoms with E-state index in [0.717, 1.165) is 12.0 Å². The first kappa shape index (κ1) is 16.1. The molecule has 14 heavy (non-hydrogen) atoms. The van der Waals surface area contributed by atoms with E-state index in [9.17, 15) is 9.90 Å². The second kappa shape index (κ2) is 10.7. The predicted octanol–water partition coefficient (Wildman–Crippen LogP) is 1.21. The van der Waals surface area contributed by atoms with Gasteiger partial charge in [0.1, 0.15) is 0 Å². The monoisotopic (exact) mass is 267 g/mol. The summed E-state index contributed by atoms with van der Waals surface area (Å²) in [5.74, 6) is -1.12. The Morgan fingerprint density at radius 2 is 1.79 bits per heavy atom. The van der Waals surface area contributed by atoms with Crippen molar-refractivity contribution in [2.24, 2.45) is 0 Å². The minimum atomic E-state index is -1.12. The van der Waals surface area contributed by atoms with Gasteiger partial charge in [0.25, 0.3) is 0 Å². The van der Waals surface area contributed by atoms with Crippen molar-refractivity contribution < 1.29 is 42.6 Å². The fraction of sp³-hybridized carbons (Fsp3) is 0.273. The summed E-state index contributed by atoms with van der Waals surface area (Å²) in [6, 6.07) is 9.39. The van der Waals surface area contributed by atoms with Crippen molar-refractivity contribution in [3.05, 3.63) is 42.3 Å². The normalized spacial score (nSPS) is 7.57. The summed E-state index contributed by atoms with van der Waals surface area (Å²) in [5, 5.41) is 10.0. The van der Waals surface area contributed by atoms with Gasteiger partial charge in [0.2, 0.25) is 0 Å². The molecule has 0 atom stereocenters. The van der Waals surface area contributed by atoms with Crippen LogP contribution in [0.1, 0.15) is 19.4 Å². The number of carbonyl (C=O) groups is 1. The van der Waals surface area contributed by atoms with Crippen LogP contribution in [0.25, 0.3) is 0 Å². The zero-order valence-corrected chi connectivity index (χ0v) is 11.4. The van der Waals surface area contributed by atoms with E-state index in [1.165, 1.54) is 0 Å². The first-order valence-electron chi connectivity index (χ1n) is 4.37. The molecular weight excluding hydrogens is 253 g/mol. The Balaban J connectivity index is 0. The average molecular weight is 267 g/mol. The van der Waals surface area contributed by atoms with Crippen molar-refractivity contribution >= 4 is 5.97 Å². The molecule has 2 nitrogen and oxygen atoms in total. The molecule has 0 bridgehead atoms. The van der Waals surface area contributed by atoms with E-state index in [1.807, 2.05) is 44.2 Å². The van der Waals surface area contributed by atoms with Crippen LogP contribution < -0.4 is 5.11 Å². The minimum Gasteiger partial charge on any atom is -0.584 e. The van der Waals surface area contributed by atoms with Crippen LogP contribution in [0.15, 0.2) is 30.3 Å². The molecule has 1 aromatic rings. The van der Waals surface area contributed by atoms with E-state index in [0.29, 0.717) is 6.42 Å². The zero-order chi connectivity index (χ0) is 10.1. The summed E-state index contributed by atoms with van der Waals surface area (Å²) >= 11 is 0. The van der Waals surface area contributed by atoms with E-state index >= 15 is 0 Å². The van der Waals surface area contributed by atoms with Gasteiger partial charge in [0.15, 0.2) is 0 Å². The third kappa shape index (κ3) is 8.27. The summed E-state index contributed by atoms with van der Waals surface area (Å²) < 4.78 is 0. The second-order valence-corrected chi connectivity index (χ2v) is 2.21. The van der Waals surface area contributed by atoms with Crippen LogP contribution in [0.3, 0.4) is 0 Å². The summed E-state index contributed by atoms with van der Waals surface area (Å²) in [6.07, 6.45) is 1.57. The van der Waals surface area contributed by atoms with Crippen molar-refractivity contribution in [1.29, 1.82) is 0 Å². The number of hydrogen-bond acceptors (Lipinski definition) is 2. The predicted molar refractivity (Wildman–Crippen MR) is 50.8 cm³/mol. The molecule has 1 aromatic carbocycles. The van der Waals surface area contributed by atoms with Gasteiger partial charge in [0, 0.05) is 32.7 Å². The third-order valence-electron chi connectivity index (χ3n) is 1.35. The summed E-state index contributed by atoms with van der Waals surface area (Å²) in [6.45, 7) is 4.00. The standard InChI is InChI=1S/C9H9O2.C2H6.Y/c10-9(11)7-6-8-4-2-1-3-5-8;1-2;/h1-5,7H,6H2,(H,10,11);1-2H3;/q-1;;/p-1. The fourth-order valence-electron chi connectivity index (χ4n) is 0.815. The maximum Gasteiger partial charge on any atom is 0 e. The van der Waals surface area contributed by atoms with Gasteiger partial charge >= 0.3 is 0 Å². The Morgan fingerprint density at radius 3 is 2.21 bits per heavy atom. The zero-order valence-electron chi connectivity index (χ0n) is 8.57. The van der Waals surface area contributed by atoms with E-state index in [1.54, 1.807) is 0 Å². The van der Waals surface area contributed by atoms with Gasteiger partial charge in [-0.1, -0.05) is 55.7 Å². The number of aliphatic carboxylic acids is 1. The molecule has 0 aliphatic rings. The minimum absolute atomic E-state index is 0. The molecule has 0 amide bonds. The molecule has 75 valence electrons. The average Bonchev–Trinajstić information content (AvgIpc) is 2.19. The molecule has 0 aliphatic heterocycles. The van der Waals surface area contributed by atoms with Gasteiger partial charge < -0.3 is 16.3 Å². The Morgan fingerprint density at radius 1 is 1.29 bits per heavy atom. The smallest absolute Gasteiger partial charge is 0 e. The Kier molecular flexibility index (Phi) is 12.4. The Hall–Kier alpha value is -0.336. The molecule has 1 radical (unpaired) electrons. The maximum atomic E-state index is 10.0. The SMILES string of the molecule is CC.O=C([O-])[CH-]Cc1ccccc1.[Y]. The fourth-order valence-corrected chi connectivity index (χ4v) is 0.815.